The molecular weight excluding hydrogens is 388 g/mol. The maximum atomic E-state index is 14.5. The van der Waals surface area contributed by atoms with Crippen molar-refractivity contribution in [1.29, 1.82) is 0 Å². The van der Waals surface area contributed by atoms with Gasteiger partial charge >= 0.3 is 5.76 Å². The lowest BCUT2D eigenvalue weighted by molar-refractivity contribution is -0.121. The predicted molar refractivity (Wildman–Crippen MR) is 96.3 cm³/mol. The largest absolute Gasteiger partial charge is 0.487 e. The fourth-order valence-electron chi connectivity index (χ4n) is 2.21. The van der Waals surface area contributed by atoms with Crippen molar-refractivity contribution in [2.45, 2.75) is 32.5 Å². The highest BCUT2D eigenvalue weighted by molar-refractivity contribution is 6.32. The predicted octanol–water partition coefficient (Wildman–Crippen LogP) is 4.17. The molecule has 0 spiro atoms. The number of halogens is 3. The molecule has 0 atom stereocenters. The van der Waals surface area contributed by atoms with Crippen molar-refractivity contribution in [3.8, 4) is 11.4 Å². The molecule has 2 aromatic rings. The Morgan fingerprint density at radius 2 is 1.85 bits per heavy atom. The monoisotopic (exact) mass is 407 g/mol. The van der Waals surface area contributed by atoms with Gasteiger partial charge in [-0.1, -0.05) is 44.0 Å². The molecule has 0 saturated heterocycles. The second-order valence-electron chi connectivity index (χ2n) is 6.52. The van der Waals surface area contributed by atoms with Gasteiger partial charge in [0.2, 0.25) is 0 Å². The van der Waals surface area contributed by atoms with Gasteiger partial charge in [0.1, 0.15) is 18.2 Å². The van der Waals surface area contributed by atoms with Crippen molar-refractivity contribution in [2.75, 3.05) is 20.8 Å². The third-order valence-corrected chi connectivity index (χ3v) is 4.22. The Morgan fingerprint density at radius 1 is 1.23 bits per heavy atom. The highest BCUT2D eigenvalue weighted by Crippen LogP contribution is 2.34. The second-order valence-corrected chi connectivity index (χ2v) is 7.28. The maximum Gasteiger partial charge on any atom is 0.425 e. The van der Waals surface area contributed by atoms with Crippen molar-refractivity contribution in [3.63, 3.8) is 0 Å². The molecule has 0 N–H and O–H groups in total. The van der Waals surface area contributed by atoms with Crippen molar-refractivity contribution < 1.29 is 23.0 Å². The van der Waals surface area contributed by atoms with Gasteiger partial charge in [0.15, 0.2) is 17.2 Å². The van der Waals surface area contributed by atoms with E-state index in [9.17, 15) is 9.18 Å². The van der Waals surface area contributed by atoms with Crippen LogP contribution in [0.25, 0.3) is 5.69 Å². The number of rotatable bonds is 6. The molecule has 9 heteroatoms. The zero-order valence-corrected chi connectivity index (χ0v) is 16.6. The van der Waals surface area contributed by atoms with E-state index >= 15 is 0 Å². The van der Waals surface area contributed by atoms with Gasteiger partial charge in [-0.15, -0.1) is 0 Å². The minimum atomic E-state index is -0.807. The number of oxazole rings is 1. The van der Waals surface area contributed by atoms with Crippen molar-refractivity contribution in [1.82, 2.24) is 4.57 Å². The number of hydrogen-bond donors (Lipinski definition) is 0. The zero-order chi connectivity index (χ0) is 19.6. The van der Waals surface area contributed by atoms with Crippen LogP contribution in [-0.2, 0) is 14.9 Å². The fraction of sp³-hybridized carbons (Fsp3) is 0.471. The first-order valence-electron chi connectivity index (χ1n) is 7.69. The molecule has 6 nitrogen and oxygen atoms in total. The van der Waals surface area contributed by atoms with Crippen LogP contribution in [0.15, 0.2) is 21.3 Å². The molecule has 0 amide bonds. The topological polar surface area (TPSA) is 62.8 Å². The highest BCUT2D eigenvalue weighted by atomic mass is 35.5. The standard InChI is InChI=1S/C17H20Cl2FNO5/c1-17(2,3)14-15(19)21(16(22)26-14)11-7-12(9(18)6-10(11)20)25-8-13(23-4)24-5/h6-7,13H,8H2,1-5H3. The summed E-state index contributed by atoms with van der Waals surface area (Å²) in [7, 11) is 2.90. The summed E-state index contributed by atoms with van der Waals surface area (Å²) in [6.45, 7) is 5.48. The summed E-state index contributed by atoms with van der Waals surface area (Å²) >= 11 is 12.3. The molecule has 26 heavy (non-hydrogen) atoms. The third-order valence-electron chi connectivity index (χ3n) is 3.58. The molecule has 2 rings (SSSR count). The Kier molecular flexibility index (Phi) is 6.39. The fourth-order valence-corrected chi connectivity index (χ4v) is 2.90. The number of ether oxygens (including phenoxy) is 3. The number of hydrogen-bond acceptors (Lipinski definition) is 5. The number of benzene rings is 1. The van der Waals surface area contributed by atoms with Gasteiger partial charge in [-0.05, 0) is 6.07 Å². The first kappa shape index (κ1) is 20.8. The Balaban J connectivity index is 2.50. The quantitative estimate of drug-likeness (QED) is 0.672. The average molecular weight is 408 g/mol. The number of methoxy groups -OCH3 is 2. The van der Waals surface area contributed by atoms with Gasteiger partial charge in [-0.2, -0.15) is 0 Å². The number of nitrogens with zero attached hydrogens (tertiary/aromatic N) is 1. The summed E-state index contributed by atoms with van der Waals surface area (Å²) in [5.41, 5.74) is -0.668. The van der Waals surface area contributed by atoms with E-state index in [-0.39, 0.29) is 34.0 Å². The molecule has 0 radical (unpaired) electrons. The van der Waals surface area contributed by atoms with Crippen LogP contribution < -0.4 is 10.5 Å². The summed E-state index contributed by atoms with van der Waals surface area (Å²) in [4.78, 5) is 12.2. The molecule has 144 valence electrons. The Hall–Kier alpha value is -1.54. The minimum absolute atomic E-state index is 0.0127. The molecule has 1 heterocycles. The molecule has 0 fully saturated rings. The van der Waals surface area contributed by atoms with E-state index in [1.165, 1.54) is 20.3 Å². The molecule has 0 aliphatic heterocycles. The molecular formula is C17H20Cl2FNO5. The Morgan fingerprint density at radius 3 is 2.35 bits per heavy atom. The van der Waals surface area contributed by atoms with Gasteiger partial charge < -0.3 is 18.6 Å². The summed E-state index contributed by atoms with van der Waals surface area (Å²) in [6, 6.07) is 2.31. The van der Waals surface area contributed by atoms with Crippen LogP contribution in [-0.4, -0.2) is 31.7 Å². The third kappa shape index (κ3) is 4.23. The first-order chi connectivity index (χ1) is 12.1. The second kappa shape index (κ2) is 8.00. The van der Waals surface area contributed by atoms with E-state index in [1.54, 1.807) is 0 Å². The highest BCUT2D eigenvalue weighted by Gasteiger charge is 2.28. The first-order valence-corrected chi connectivity index (χ1v) is 8.45. The lowest BCUT2D eigenvalue weighted by Crippen LogP contribution is -2.22. The maximum absolute atomic E-state index is 14.5. The van der Waals surface area contributed by atoms with Crippen LogP contribution in [0, 0.1) is 5.82 Å². The van der Waals surface area contributed by atoms with Gasteiger partial charge in [0.05, 0.1) is 10.7 Å². The average Bonchev–Trinajstić information content (AvgIpc) is 2.85. The van der Waals surface area contributed by atoms with Crippen LogP contribution in [0.1, 0.15) is 26.5 Å². The van der Waals surface area contributed by atoms with Crippen LogP contribution in [0.4, 0.5) is 4.39 Å². The normalized spacial score (nSPS) is 12.0. The van der Waals surface area contributed by atoms with Crippen LogP contribution in [0.3, 0.4) is 0 Å². The van der Waals surface area contributed by atoms with E-state index in [1.807, 2.05) is 20.8 Å². The minimum Gasteiger partial charge on any atom is -0.487 e. The van der Waals surface area contributed by atoms with Gasteiger partial charge in [0.25, 0.3) is 0 Å². The molecule has 0 bridgehead atoms. The molecule has 0 aliphatic carbocycles. The van der Waals surface area contributed by atoms with Gasteiger partial charge in [-0.3, -0.25) is 0 Å². The number of aromatic nitrogens is 1. The van der Waals surface area contributed by atoms with E-state index < -0.39 is 23.3 Å². The van der Waals surface area contributed by atoms with E-state index in [2.05, 4.69) is 0 Å². The van der Waals surface area contributed by atoms with Gasteiger partial charge in [0, 0.05) is 25.7 Å². The summed E-state index contributed by atoms with van der Waals surface area (Å²) in [6.07, 6.45) is -0.632. The van der Waals surface area contributed by atoms with Crippen LogP contribution in [0.5, 0.6) is 5.75 Å². The van der Waals surface area contributed by atoms with Crippen LogP contribution in [0.2, 0.25) is 10.2 Å². The SMILES string of the molecule is COC(COc1cc(-n2c(Cl)c(C(C)(C)C)oc2=O)c(F)cc1Cl)OC. The molecule has 0 saturated carbocycles. The van der Waals surface area contributed by atoms with Crippen LogP contribution >= 0.6 is 23.2 Å². The smallest absolute Gasteiger partial charge is 0.425 e. The van der Waals surface area contributed by atoms with Crippen molar-refractivity contribution in [3.05, 3.63) is 44.4 Å². The van der Waals surface area contributed by atoms with Gasteiger partial charge in [-0.25, -0.2) is 13.8 Å². The Bertz CT molecular complexity index is 837. The van der Waals surface area contributed by atoms with E-state index in [0.717, 1.165) is 10.6 Å². The van der Waals surface area contributed by atoms with Crippen molar-refractivity contribution in [2.24, 2.45) is 0 Å². The zero-order valence-electron chi connectivity index (χ0n) is 15.1. The van der Waals surface area contributed by atoms with E-state index in [0.29, 0.717) is 0 Å². The summed E-state index contributed by atoms with van der Waals surface area (Å²) in [5, 5.41) is 0.0160. The molecule has 1 aromatic heterocycles. The van der Waals surface area contributed by atoms with E-state index in [4.69, 9.17) is 41.8 Å². The summed E-state index contributed by atoms with van der Waals surface area (Å²) in [5.74, 6) is -1.16. The summed E-state index contributed by atoms with van der Waals surface area (Å²) < 4.78 is 36.2. The Labute approximate surface area is 160 Å². The molecule has 0 aliphatic rings. The lowest BCUT2D eigenvalue weighted by atomic mass is 9.94. The van der Waals surface area contributed by atoms with Crippen molar-refractivity contribution >= 4 is 23.2 Å². The molecule has 1 aromatic carbocycles. The molecule has 0 unspecified atom stereocenters. The lowest BCUT2D eigenvalue weighted by Gasteiger charge is -2.16.